The summed E-state index contributed by atoms with van der Waals surface area (Å²) in [6, 6.07) is 66.7. The first-order valence-corrected chi connectivity index (χ1v) is 19.5. The van der Waals surface area contributed by atoms with Crippen molar-refractivity contribution >= 4 is 38.8 Å². The minimum Gasteiger partial charge on any atom is -0.309 e. The first kappa shape index (κ1) is 32.4. The highest BCUT2D eigenvalue weighted by molar-refractivity contribution is 6.37. The van der Waals surface area contributed by atoms with E-state index in [1.807, 2.05) is 0 Å². The van der Waals surface area contributed by atoms with E-state index in [-0.39, 0.29) is 5.92 Å². The first-order valence-electron chi connectivity index (χ1n) is 19.5. The van der Waals surface area contributed by atoms with Gasteiger partial charge in [-0.3, -0.25) is 0 Å². The van der Waals surface area contributed by atoms with Crippen molar-refractivity contribution in [3.8, 4) is 39.1 Å². The van der Waals surface area contributed by atoms with Gasteiger partial charge in [-0.15, -0.1) is 0 Å². The lowest BCUT2D eigenvalue weighted by Crippen LogP contribution is -2.13. The lowest BCUT2D eigenvalue weighted by Gasteiger charge is -2.29. The Morgan fingerprint density at radius 1 is 0.518 bits per heavy atom. The van der Waals surface area contributed by atoms with Crippen LogP contribution in [0.3, 0.4) is 0 Å². The molecule has 9 aromatic rings. The number of hydrogen-bond acceptors (Lipinski definition) is 1. The van der Waals surface area contributed by atoms with Crippen LogP contribution in [0, 0.1) is 6.92 Å². The number of nitrogens with zero attached hydrogens (tertiary/aromatic N) is 2. The lowest BCUT2D eigenvalue weighted by atomic mass is 9.75. The van der Waals surface area contributed by atoms with Crippen molar-refractivity contribution in [1.29, 1.82) is 0 Å². The molecule has 0 fully saturated rings. The van der Waals surface area contributed by atoms with Gasteiger partial charge < -0.3 is 4.57 Å². The lowest BCUT2D eigenvalue weighted by molar-refractivity contribution is 0.793. The average molecular weight is 715 g/mol. The molecule has 1 heterocycles. The SMILES string of the molecule is C=C1/C(=N\c2ccccc2C)c2ccc(-c3cc(C4Cc5ccccc5-c5ccccc54)cc(-n4c5ccccc5c5ccccc54)c3)cc2-c2ccccc21. The van der Waals surface area contributed by atoms with Gasteiger partial charge in [0.25, 0.3) is 0 Å². The van der Waals surface area contributed by atoms with E-state index < -0.39 is 0 Å². The van der Waals surface area contributed by atoms with E-state index in [9.17, 15) is 0 Å². The molecule has 2 aliphatic carbocycles. The van der Waals surface area contributed by atoms with Gasteiger partial charge in [-0.2, -0.15) is 0 Å². The Hall–Kier alpha value is -7.03. The van der Waals surface area contributed by atoms with Gasteiger partial charge in [-0.1, -0.05) is 152 Å². The summed E-state index contributed by atoms with van der Waals surface area (Å²) < 4.78 is 2.46. The second-order valence-electron chi connectivity index (χ2n) is 15.2. The normalized spacial score (nSPS) is 15.1. The molecular formula is C54H38N2. The van der Waals surface area contributed by atoms with Crippen molar-refractivity contribution in [2.45, 2.75) is 19.3 Å². The summed E-state index contributed by atoms with van der Waals surface area (Å²) in [7, 11) is 0. The predicted octanol–water partition coefficient (Wildman–Crippen LogP) is 13.9. The number of fused-ring (bicyclic) bond motifs is 9. The second-order valence-corrected chi connectivity index (χ2v) is 15.2. The zero-order valence-corrected chi connectivity index (χ0v) is 31.2. The molecule has 11 rings (SSSR count). The standard InChI is InChI=1S/C54H38N2/c1-34-15-3-12-24-51(34)55-54-35(2)41-17-6-7-19-43(41)50-32-36(27-28-48(50)54)38-29-39(49-33-37-16-4-5-18-42(37)44-20-8-9-21-45(44)49)31-40(30-38)56-52-25-13-10-22-46(52)47-23-11-14-26-53(47)56/h3-32,49H,2,33H2,1H3/b55-54+. The quantitative estimate of drug-likeness (QED) is 0.173. The van der Waals surface area contributed by atoms with Crippen molar-refractivity contribution in [3.05, 3.63) is 222 Å². The van der Waals surface area contributed by atoms with Crippen LogP contribution in [0.25, 0.3) is 66.4 Å². The topological polar surface area (TPSA) is 17.3 Å². The van der Waals surface area contributed by atoms with Gasteiger partial charge in [0.05, 0.1) is 22.4 Å². The number of aromatic nitrogens is 1. The van der Waals surface area contributed by atoms with Crippen molar-refractivity contribution in [2.24, 2.45) is 4.99 Å². The minimum absolute atomic E-state index is 0.197. The number of allylic oxidation sites excluding steroid dienone is 1. The van der Waals surface area contributed by atoms with Crippen molar-refractivity contribution in [2.75, 3.05) is 0 Å². The molecule has 0 saturated carbocycles. The number of rotatable bonds is 4. The highest BCUT2D eigenvalue weighted by Gasteiger charge is 2.28. The molecule has 1 aromatic heterocycles. The Morgan fingerprint density at radius 2 is 1.16 bits per heavy atom. The Balaban J connectivity index is 1.16. The molecule has 56 heavy (non-hydrogen) atoms. The third-order valence-electron chi connectivity index (χ3n) is 12.0. The van der Waals surface area contributed by atoms with Gasteiger partial charge in [0.15, 0.2) is 0 Å². The van der Waals surface area contributed by atoms with Crippen molar-refractivity contribution < 1.29 is 0 Å². The monoisotopic (exact) mass is 714 g/mol. The Kier molecular flexibility index (Phi) is 7.40. The van der Waals surface area contributed by atoms with Crippen molar-refractivity contribution in [3.63, 3.8) is 0 Å². The molecule has 1 atom stereocenters. The van der Waals surface area contributed by atoms with Gasteiger partial charge >= 0.3 is 0 Å². The second kappa shape index (κ2) is 12.8. The summed E-state index contributed by atoms with van der Waals surface area (Å²) in [5.74, 6) is 0.197. The summed E-state index contributed by atoms with van der Waals surface area (Å²) in [5.41, 5.74) is 21.3. The first-order chi connectivity index (χ1) is 27.6. The molecule has 0 bridgehead atoms. The number of aliphatic imine (C=N–C) groups is 1. The van der Waals surface area contributed by atoms with Gasteiger partial charge in [0, 0.05) is 33.5 Å². The highest BCUT2D eigenvalue weighted by atomic mass is 15.0. The summed E-state index contributed by atoms with van der Waals surface area (Å²) in [6.07, 6.45) is 0.946. The zero-order chi connectivity index (χ0) is 37.3. The van der Waals surface area contributed by atoms with E-state index in [1.165, 1.54) is 77.6 Å². The number of aryl methyl sites for hydroxylation is 1. The summed E-state index contributed by atoms with van der Waals surface area (Å²) in [4.78, 5) is 5.28. The molecule has 0 aliphatic heterocycles. The van der Waals surface area contributed by atoms with Crippen LogP contribution in [0.2, 0.25) is 0 Å². The number of benzene rings is 8. The maximum atomic E-state index is 5.28. The third kappa shape index (κ3) is 5.07. The van der Waals surface area contributed by atoms with Crippen LogP contribution in [-0.4, -0.2) is 10.3 Å². The highest BCUT2D eigenvalue weighted by Crippen LogP contribution is 2.46. The molecule has 0 radical (unpaired) electrons. The molecule has 2 nitrogen and oxygen atoms in total. The molecule has 0 spiro atoms. The van der Waals surface area contributed by atoms with Crippen LogP contribution in [0.4, 0.5) is 5.69 Å². The number of hydrogen-bond donors (Lipinski definition) is 0. The van der Waals surface area contributed by atoms with Crippen LogP contribution in [0.1, 0.15) is 39.3 Å². The van der Waals surface area contributed by atoms with E-state index in [4.69, 9.17) is 4.99 Å². The molecule has 0 amide bonds. The van der Waals surface area contributed by atoms with E-state index in [0.29, 0.717) is 0 Å². The molecule has 8 aromatic carbocycles. The molecule has 0 saturated heterocycles. The van der Waals surface area contributed by atoms with Gasteiger partial charge in [0.2, 0.25) is 0 Å². The van der Waals surface area contributed by atoms with E-state index in [0.717, 1.165) is 40.1 Å². The van der Waals surface area contributed by atoms with Gasteiger partial charge in [0.1, 0.15) is 0 Å². The molecule has 2 heteroatoms. The van der Waals surface area contributed by atoms with Gasteiger partial charge in [-0.05, 0) is 111 Å². The summed E-state index contributed by atoms with van der Waals surface area (Å²) in [6.45, 7) is 6.72. The molecule has 2 aliphatic rings. The van der Waals surface area contributed by atoms with Gasteiger partial charge in [-0.25, -0.2) is 4.99 Å². The molecule has 1 unspecified atom stereocenters. The largest absolute Gasteiger partial charge is 0.309 e. The Bertz CT molecular complexity index is 3050. The van der Waals surface area contributed by atoms with E-state index >= 15 is 0 Å². The maximum absolute atomic E-state index is 5.28. The summed E-state index contributed by atoms with van der Waals surface area (Å²) >= 11 is 0. The van der Waals surface area contributed by atoms with E-state index in [1.54, 1.807) is 0 Å². The van der Waals surface area contributed by atoms with Crippen LogP contribution in [-0.2, 0) is 6.42 Å². The molecule has 264 valence electrons. The smallest absolute Gasteiger partial charge is 0.0788 e. The van der Waals surface area contributed by atoms with E-state index in [2.05, 4.69) is 200 Å². The maximum Gasteiger partial charge on any atom is 0.0788 e. The Labute approximate surface area is 327 Å². The third-order valence-corrected chi connectivity index (χ3v) is 12.0. The minimum atomic E-state index is 0.197. The Morgan fingerprint density at radius 3 is 1.95 bits per heavy atom. The fourth-order valence-corrected chi connectivity index (χ4v) is 9.33. The molecular weight excluding hydrogens is 677 g/mol. The van der Waals surface area contributed by atoms with Crippen LogP contribution >= 0.6 is 0 Å². The van der Waals surface area contributed by atoms with Crippen LogP contribution in [0.5, 0.6) is 0 Å². The predicted molar refractivity (Wildman–Crippen MR) is 235 cm³/mol. The average Bonchev–Trinajstić information content (AvgIpc) is 3.59. The fourth-order valence-electron chi connectivity index (χ4n) is 9.33. The molecule has 0 N–H and O–H groups in total. The fraction of sp³-hybridized carbons (Fsp3) is 0.0556. The van der Waals surface area contributed by atoms with Crippen LogP contribution in [0.15, 0.2) is 194 Å². The zero-order valence-electron chi connectivity index (χ0n) is 31.2. The van der Waals surface area contributed by atoms with Crippen LogP contribution < -0.4 is 0 Å². The summed E-state index contributed by atoms with van der Waals surface area (Å²) in [5, 5.41) is 2.52. The van der Waals surface area contributed by atoms with Crippen molar-refractivity contribution in [1.82, 2.24) is 4.57 Å². The number of para-hydroxylation sites is 3.